The summed E-state index contributed by atoms with van der Waals surface area (Å²) in [5, 5.41) is 3.06. The van der Waals surface area contributed by atoms with Crippen molar-refractivity contribution in [2.24, 2.45) is 0 Å². The molecule has 2 heterocycles. The molecular formula is C20H19NO5. The summed E-state index contributed by atoms with van der Waals surface area (Å²) < 4.78 is 21.9. The third-order valence-electron chi connectivity index (χ3n) is 5.17. The quantitative estimate of drug-likeness (QED) is 0.915. The third kappa shape index (κ3) is 2.53. The number of fused-ring (bicyclic) bond motifs is 2. The summed E-state index contributed by atoms with van der Waals surface area (Å²) in [7, 11) is 0. The Morgan fingerprint density at radius 1 is 0.885 bits per heavy atom. The van der Waals surface area contributed by atoms with Crippen molar-refractivity contribution < 1.29 is 23.7 Å². The SMILES string of the molecule is O=C(NCc1ccc2c(c1)OCO2)C1(c2ccc3c(c2)OCCO3)CC1. The highest BCUT2D eigenvalue weighted by molar-refractivity contribution is 5.91. The van der Waals surface area contributed by atoms with E-state index in [0.717, 1.165) is 47.0 Å². The number of amides is 1. The van der Waals surface area contributed by atoms with E-state index >= 15 is 0 Å². The van der Waals surface area contributed by atoms with Crippen LogP contribution in [-0.2, 0) is 16.8 Å². The predicted octanol–water partition coefficient (Wildman–Crippen LogP) is 2.53. The average molecular weight is 353 g/mol. The summed E-state index contributed by atoms with van der Waals surface area (Å²) in [6.07, 6.45) is 1.69. The molecule has 0 saturated heterocycles. The largest absolute Gasteiger partial charge is 0.486 e. The first-order valence-corrected chi connectivity index (χ1v) is 8.82. The van der Waals surface area contributed by atoms with Gasteiger partial charge in [-0.1, -0.05) is 12.1 Å². The van der Waals surface area contributed by atoms with Crippen molar-refractivity contribution in [2.75, 3.05) is 20.0 Å². The van der Waals surface area contributed by atoms with Crippen LogP contribution < -0.4 is 24.3 Å². The Hall–Kier alpha value is -2.89. The van der Waals surface area contributed by atoms with Gasteiger partial charge in [0.05, 0.1) is 5.41 Å². The van der Waals surface area contributed by atoms with Gasteiger partial charge in [-0.25, -0.2) is 0 Å². The minimum Gasteiger partial charge on any atom is -0.486 e. The number of hydrogen-bond donors (Lipinski definition) is 1. The van der Waals surface area contributed by atoms with Crippen LogP contribution >= 0.6 is 0 Å². The maximum atomic E-state index is 12.9. The van der Waals surface area contributed by atoms with Crippen molar-refractivity contribution >= 4 is 5.91 Å². The third-order valence-corrected chi connectivity index (χ3v) is 5.17. The Bertz CT molecular complexity index is 875. The van der Waals surface area contributed by atoms with E-state index in [0.29, 0.717) is 19.8 Å². The van der Waals surface area contributed by atoms with Gasteiger partial charge in [0.15, 0.2) is 23.0 Å². The van der Waals surface area contributed by atoms with Crippen molar-refractivity contribution in [3.8, 4) is 23.0 Å². The second kappa shape index (κ2) is 5.83. The number of ether oxygens (including phenoxy) is 4. The van der Waals surface area contributed by atoms with Crippen molar-refractivity contribution in [1.29, 1.82) is 0 Å². The molecule has 1 saturated carbocycles. The molecule has 2 aromatic carbocycles. The molecule has 26 heavy (non-hydrogen) atoms. The number of rotatable bonds is 4. The van der Waals surface area contributed by atoms with Crippen LogP contribution in [0.1, 0.15) is 24.0 Å². The Kier molecular flexibility index (Phi) is 3.45. The van der Waals surface area contributed by atoms with E-state index in [1.807, 2.05) is 36.4 Å². The van der Waals surface area contributed by atoms with E-state index < -0.39 is 5.41 Å². The summed E-state index contributed by atoms with van der Waals surface area (Å²) in [5.41, 5.74) is 1.53. The van der Waals surface area contributed by atoms with Crippen molar-refractivity contribution in [2.45, 2.75) is 24.8 Å². The minimum atomic E-state index is -0.452. The summed E-state index contributed by atoms with van der Waals surface area (Å²) in [4.78, 5) is 12.9. The first-order chi connectivity index (χ1) is 12.7. The molecule has 1 aliphatic carbocycles. The Morgan fingerprint density at radius 2 is 1.58 bits per heavy atom. The van der Waals surface area contributed by atoms with Crippen LogP contribution in [0.4, 0.5) is 0 Å². The maximum Gasteiger partial charge on any atom is 0.231 e. The molecule has 0 spiro atoms. The highest BCUT2D eigenvalue weighted by Gasteiger charge is 2.51. The molecule has 6 nitrogen and oxygen atoms in total. The molecule has 5 rings (SSSR count). The van der Waals surface area contributed by atoms with Gasteiger partial charge in [0.1, 0.15) is 13.2 Å². The summed E-state index contributed by atoms with van der Waals surface area (Å²) in [5.74, 6) is 2.99. The highest BCUT2D eigenvalue weighted by Crippen LogP contribution is 2.50. The van der Waals surface area contributed by atoms with Gasteiger partial charge < -0.3 is 24.3 Å². The fraction of sp³-hybridized carbons (Fsp3) is 0.350. The zero-order valence-corrected chi connectivity index (χ0v) is 14.2. The standard InChI is InChI=1S/C20H19NO5/c22-19(21-11-13-1-3-16-17(9-13)26-12-25-16)20(5-6-20)14-2-4-15-18(10-14)24-8-7-23-15/h1-4,9-10H,5-8,11-12H2,(H,21,22). The topological polar surface area (TPSA) is 66.0 Å². The normalized spacial score (nSPS) is 18.3. The van der Waals surface area contributed by atoms with Gasteiger partial charge in [-0.05, 0) is 48.2 Å². The van der Waals surface area contributed by atoms with Gasteiger partial charge in [0, 0.05) is 6.54 Å². The van der Waals surface area contributed by atoms with Crippen LogP contribution in [-0.4, -0.2) is 25.9 Å². The molecule has 0 radical (unpaired) electrons. The number of carbonyl (C=O) groups is 1. The van der Waals surface area contributed by atoms with Crippen LogP contribution in [0.2, 0.25) is 0 Å². The second-order valence-electron chi connectivity index (χ2n) is 6.81. The van der Waals surface area contributed by atoms with Crippen LogP contribution in [0.15, 0.2) is 36.4 Å². The molecule has 0 aromatic heterocycles. The fourth-order valence-corrected chi connectivity index (χ4v) is 3.52. The van der Waals surface area contributed by atoms with Gasteiger partial charge >= 0.3 is 0 Å². The van der Waals surface area contributed by atoms with E-state index in [-0.39, 0.29) is 12.7 Å². The number of nitrogens with one attached hydrogen (secondary N) is 1. The molecule has 0 bridgehead atoms. The van der Waals surface area contributed by atoms with E-state index in [1.165, 1.54) is 0 Å². The minimum absolute atomic E-state index is 0.0480. The maximum absolute atomic E-state index is 12.9. The molecule has 2 aliphatic heterocycles. The molecule has 3 aliphatic rings. The molecule has 1 fully saturated rings. The monoisotopic (exact) mass is 353 g/mol. The molecule has 0 atom stereocenters. The van der Waals surface area contributed by atoms with Gasteiger partial charge in [-0.3, -0.25) is 4.79 Å². The molecule has 0 unspecified atom stereocenters. The van der Waals surface area contributed by atoms with Crippen LogP contribution in [0.3, 0.4) is 0 Å². The van der Waals surface area contributed by atoms with E-state index in [4.69, 9.17) is 18.9 Å². The van der Waals surface area contributed by atoms with Crippen LogP contribution in [0.25, 0.3) is 0 Å². The summed E-state index contributed by atoms with van der Waals surface area (Å²) >= 11 is 0. The Morgan fingerprint density at radius 3 is 2.42 bits per heavy atom. The lowest BCUT2D eigenvalue weighted by atomic mass is 9.94. The van der Waals surface area contributed by atoms with E-state index in [2.05, 4.69) is 5.32 Å². The fourth-order valence-electron chi connectivity index (χ4n) is 3.52. The Balaban J connectivity index is 1.30. The first-order valence-electron chi connectivity index (χ1n) is 8.82. The predicted molar refractivity (Wildman–Crippen MR) is 92.8 cm³/mol. The van der Waals surface area contributed by atoms with Crippen molar-refractivity contribution in [3.63, 3.8) is 0 Å². The Labute approximate surface area is 151 Å². The lowest BCUT2D eigenvalue weighted by Crippen LogP contribution is -2.34. The lowest BCUT2D eigenvalue weighted by Gasteiger charge is -2.21. The van der Waals surface area contributed by atoms with Gasteiger partial charge in [-0.2, -0.15) is 0 Å². The van der Waals surface area contributed by atoms with Crippen molar-refractivity contribution in [1.82, 2.24) is 5.32 Å². The van der Waals surface area contributed by atoms with E-state index in [9.17, 15) is 4.79 Å². The molecular weight excluding hydrogens is 334 g/mol. The second-order valence-corrected chi connectivity index (χ2v) is 6.81. The molecule has 1 amide bonds. The highest BCUT2D eigenvalue weighted by atomic mass is 16.7. The average Bonchev–Trinajstić information content (AvgIpc) is 3.37. The van der Waals surface area contributed by atoms with E-state index in [1.54, 1.807) is 0 Å². The van der Waals surface area contributed by atoms with Gasteiger partial charge in [-0.15, -0.1) is 0 Å². The number of benzene rings is 2. The van der Waals surface area contributed by atoms with Crippen LogP contribution in [0.5, 0.6) is 23.0 Å². The summed E-state index contributed by atoms with van der Waals surface area (Å²) in [6.45, 7) is 1.81. The summed E-state index contributed by atoms with van der Waals surface area (Å²) in [6, 6.07) is 11.5. The molecule has 1 N–H and O–H groups in total. The molecule has 134 valence electrons. The number of hydrogen-bond acceptors (Lipinski definition) is 5. The van der Waals surface area contributed by atoms with Gasteiger partial charge in [0.25, 0.3) is 0 Å². The zero-order chi connectivity index (χ0) is 17.6. The zero-order valence-electron chi connectivity index (χ0n) is 14.2. The first kappa shape index (κ1) is 15.4. The number of carbonyl (C=O) groups excluding carboxylic acids is 1. The molecule has 6 heteroatoms. The lowest BCUT2D eigenvalue weighted by molar-refractivity contribution is -0.123. The van der Waals surface area contributed by atoms with Crippen molar-refractivity contribution in [3.05, 3.63) is 47.5 Å². The smallest absolute Gasteiger partial charge is 0.231 e. The molecule has 2 aromatic rings. The van der Waals surface area contributed by atoms with Gasteiger partial charge in [0.2, 0.25) is 12.7 Å². The van der Waals surface area contributed by atoms with Crippen LogP contribution in [0, 0.1) is 0 Å².